The van der Waals surface area contributed by atoms with Crippen LogP contribution >= 0.6 is 12.4 Å². The van der Waals surface area contributed by atoms with E-state index < -0.39 is 11.7 Å². The van der Waals surface area contributed by atoms with Crippen LogP contribution in [0.25, 0.3) is 0 Å². The van der Waals surface area contributed by atoms with Gasteiger partial charge in [-0.1, -0.05) is 18.2 Å². The first-order chi connectivity index (χ1) is 8.45. The molecule has 0 bridgehead atoms. The van der Waals surface area contributed by atoms with Gasteiger partial charge in [-0.25, -0.2) is 0 Å². The minimum atomic E-state index is -4.27. The number of nitrogens with zero attached hydrogens (tertiary/aromatic N) is 1. The van der Waals surface area contributed by atoms with Crippen LogP contribution in [0.4, 0.5) is 13.2 Å². The van der Waals surface area contributed by atoms with Crippen LogP contribution in [-0.4, -0.2) is 24.0 Å². The molecular weight excluding hydrogens is 277 g/mol. The number of hydrogen-bond donors (Lipinski definition) is 1. The summed E-state index contributed by atoms with van der Waals surface area (Å²) < 4.78 is 37.7. The number of rotatable bonds is 2. The average molecular weight is 295 g/mol. The summed E-state index contributed by atoms with van der Waals surface area (Å²) in [4.78, 5) is 2.11. The molecule has 19 heavy (non-hydrogen) atoms. The molecule has 1 saturated heterocycles. The molecule has 1 atom stereocenters. The van der Waals surface area contributed by atoms with E-state index in [2.05, 4.69) is 4.90 Å². The highest BCUT2D eigenvalue weighted by Gasteiger charge is 2.30. The molecule has 1 aliphatic heterocycles. The summed E-state index contributed by atoms with van der Waals surface area (Å²) in [5.41, 5.74) is 5.97. The van der Waals surface area contributed by atoms with Crippen molar-refractivity contribution in [3.63, 3.8) is 0 Å². The SMILES string of the molecule is Cl.NC1CCCN(Cc2cccc(C(F)(F)F)c2)C1. The molecule has 2 nitrogen and oxygen atoms in total. The number of nitrogens with two attached hydrogens (primary N) is 1. The lowest BCUT2D eigenvalue weighted by Gasteiger charge is -2.30. The van der Waals surface area contributed by atoms with Crippen LogP contribution in [0.5, 0.6) is 0 Å². The molecule has 1 aliphatic rings. The second-order valence-electron chi connectivity index (χ2n) is 4.84. The van der Waals surface area contributed by atoms with E-state index in [1.807, 2.05) is 0 Å². The van der Waals surface area contributed by atoms with E-state index in [0.717, 1.165) is 32.0 Å². The monoisotopic (exact) mass is 294 g/mol. The fraction of sp³-hybridized carbons (Fsp3) is 0.538. The first-order valence-corrected chi connectivity index (χ1v) is 6.09. The van der Waals surface area contributed by atoms with Gasteiger partial charge in [0.15, 0.2) is 0 Å². The molecule has 0 saturated carbocycles. The minimum absolute atomic E-state index is 0. The number of halogens is 4. The number of alkyl halides is 3. The molecule has 1 fully saturated rings. The zero-order chi connectivity index (χ0) is 13.2. The van der Waals surface area contributed by atoms with Crippen molar-refractivity contribution in [2.75, 3.05) is 13.1 Å². The Morgan fingerprint density at radius 1 is 1.32 bits per heavy atom. The van der Waals surface area contributed by atoms with Crippen molar-refractivity contribution in [3.05, 3.63) is 35.4 Å². The second kappa shape index (κ2) is 6.59. The fourth-order valence-corrected chi connectivity index (χ4v) is 2.34. The summed E-state index contributed by atoms with van der Waals surface area (Å²) in [6.07, 6.45) is -2.26. The molecule has 0 radical (unpaired) electrons. The van der Waals surface area contributed by atoms with Gasteiger partial charge < -0.3 is 5.73 Å². The maximum Gasteiger partial charge on any atom is 0.416 e. The van der Waals surface area contributed by atoms with Crippen LogP contribution in [0, 0.1) is 0 Å². The Kier molecular flexibility index (Phi) is 5.64. The highest BCUT2D eigenvalue weighted by atomic mass is 35.5. The van der Waals surface area contributed by atoms with Gasteiger partial charge in [0, 0.05) is 19.1 Å². The lowest BCUT2D eigenvalue weighted by atomic mass is 10.0. The Bertz CT molecular complexity index is 409. The molecule has 1 aromatic carbocycles. The van der Waals surface area contributed by atoms with Gasteiger partial charge in [-0.05, 0) is 31.0 Å². The normalized spacial score (nSPS) is 20.9. The summed E-state index contributed by atoms with van der Waals surface area (Å²) in [5.74, 6) is 0. The zero-order valence-corrected chi connectivity index (χ0v) is 11.3. The van der Waals surface area contributed by atoms with Crippen molar-refractivity contribution in [1.29, 1.82) is 0 Å². The van der Waals surface area contributed by atoms with Crippen molar-refractivity contribution >= 4 is 12.4 Å². The highest BCUT2D eigenvalue weighted by Crippen LogP contribution is 2.29. The van der Waals surface area contributed by atoms with Crippen molar-refractivity contribution in [1.82, 2.24) is 4.90 Å². The maximum atomic E-state index is 12.6. The van der Waals surface area contributed by atoms with E-state index in [-0.39, 0.29) is 18.4 Å². The third-order valence-corrected chi connectivity index (χ3v) is 3.20. The third kappa shape index (κ3) is 4.67. The number of likely N-dealkylation sites (tertiary alicyclic amines) is 1. The van der Waals surface area contributed by atoms with Gasteiger partial charge in [0.05, 0.1) is 5.56 Å². The van der Waals surface area contributed by atoms with Crippen LogP contribution in [0.2, 0.25) is 0 Å². The standard InChI is InChI=1S/C13H17F3N2.ClH/c14-13(15,16)11-4-1-3-10(7-11)8-18-6-2-5-12(17)9-18;/h1,3-4,7,12H,2,5-6,8-9,17H2;1H. The van der Waals surface area contributed by atoms with E-state index in [1.54, 1.807) is 6.07 Å². The molecule has 1 aromatic rings. The lowest BCUT2D eigenvalue weighted by molar-refractivity contribution is -0.137. The number of hydrogen-bond acceptors (Lipinski definition) is 2. The summed E-state index contributed by atoms with van der Waals surface area (Å²) in [6, 6.07) is 5.66. The summed E-state index contributed by atoms with van der Waals surface area (Å²) >= 11 is 0. The van der Waals surface area contributed by atoms with Crippen molar-refractivity contribution in [2.24, 2.45) is 5.73 Å². The summed E-state index contributed by atoms with van der Waals surface area (Å²) in [7, 11) is 0. The zero-order valence-electron chi connectivity index (χ0n) is 10.5. The summed E-state index contributed by atoms with van der Waals surface area (Å²) in [5, 5.41) is 0. The van der Waals surface area contributed by atoms with Gasteiger partial charge in [-0.15, -0.1) is 12.4 Å². The highest BCUT2D eigenvalue weighted by molar-refractivity contribution is 5.85. The smallest absolute Gasteiger partial charge is 0.327 e. The molecule has 6 heteroatoms. The number of piperidine rings is 1. The van der Waals surface area contributed by atoms with E-state index in [4.69, 9.17) is 5.73 Å². The van der Waals surface area contributed by atoms with E-state index in [9.17, 15) is 13.2 Å². The van der Waals surface area contributed by atoms with Crippen LogP contribution in [0.15, 0.2) is 24.3 Å². The molecule has 2 rings (SSSR count). The van der Waals surface area contributed by atoms with Crippen LogP contribution in [-0.2, 0) is 12.7 Å². The topological polar surface area (TPSA) is 29.3 Å². The van der Waals surface area contributed by atoms with E-state index in [1.165, 1.54) is 12.1 Å². The first kappa shape index (κ1) is 16.3. The van der Waals surface area contributed by atoms with E-state index in [0.29, 0.717) is 12.1 Å². The Morgan fingerprint density at radius 3 is 2.68 bits per heavy atom. The predicted molar refractivity (Wildman–Crippen MR) is 71.2 cm³/mol. The van der Waals surface area contributed by atoms with Gasteiger partial charge in [-0.3, -0.25) is 4.90 Å². The third-order valence-electron chi connectivity index (χ3n) is 3.20. The van der Waals surface area contributed by atoms with E-state index >= 15 is 0 Å². The van der Waals surface area contributed by atoms with Gasteiger partial charge in [0.2, 0.25) is 0 Å². The van der Waals surface area contributed by atoms with Gasteiger partial charge in [0.1, 0.15) is 0 Å². The minimum Gasteiger partial charge on any atom is -0.327 e. The molecule has 0 aromatic heterocycles. The quantitative estimate of drug-likeness (QED) is 0.908. The maximum absolute atomic E-state index is 12.6. The fourth-order valence-electron chi connectivity index (χ4n) is 2.34. The Morgan fingerprint density at radius 2 is 2.05 bits per heavy atom. The van der Waals surface area contributed by atoms with Gasteiger partial charge in [-0.2, -0.15) is 13.2 Å². The molecule has 0 aliphatic carbocycles. The van der Waals surface area contributed by atoms with Gasteiger partial charge in [0.25, 0.3) is 0 Å². The van der Waals surface area contributed by atoms with Crippen LogP contribution < -0.4 is 5.73 Å². The number of benzene rings is 1. The molecule has 0 spiro atoms. The van der Waals surface area contributed by atoms with Crippen molar-refractivity contribution in [3.8, 4) is 0 Å². The van der Waals surface area contributed by atoms with Crippen molar-refractivity contribution < 1.29 is 13.2 Å². The molecule has 1 heterocycles. The molecule has 108 valence electrons. The second-order valence-corrected chi connectivity index (χ2v) is 4.84. The van der Waals surface area contributed by atoms with Crippen molar-refractivity contribution in [2.45, 2.75) is 31.6 Å². The predicted octanol–water partition coefficient (Wildman–Crippen LogP) is 3.05. The molecule has 0 amide bonds. The average Bonchev–Trinajstić information content (AvgIpc) is 2.28. The van der Waals surface area contributed by atoms with Crippen LogP contribution in [0.3, 0.4) is 0 Å². The van der Waals surface area contributed by atoms with Gasteiger partial charge >= 0.3 is 6.18 Å². The summed E-state index contributed by atoms with van der Waals surface area (Å²) in [6.45, 7) is 2.21. The van der Waals surface area contributed by atoms with Crippen LogP contribution in [0.1, 0.15) is 24.0 Å². The Balaban J connectivity index is 0.00000180. The lowest BCUT2D eigenvalue weighted by Crippen LogP contribution is -2.42. The molecule has 2 N–H and O–H groups in total. The first-order valence-electron chi connectivity index (χ1n) is 6.09. The Labute approximate surface area is 117 Å². The largest absolute Gasteiger partial charge is 0.416 e. The Hall–Kier alpha value is -0.780. The molecular formula is C13H18ClF3N2. The molecule has 1 unspecified atom stereocenters.